The molecular weight excluding hydrogens is 278 g/mol. The minimum atomic E-state index is -2.25. The standard InChI is InChI=1S/C15H22F2N2O2/c1-20-13-4-3-12(14(9-13)21-2)10-18-5-7-19(8-6-18)11-15(16)17/h3-4,9,15H,5-8,10-11H2,1-2H3. The summed E-state index contributed by atoms with van der Waals surface area (Å²) in [6.45, 7) is 3.59. The van der Waals surface area contributed by atoms with Crippen molar-refractivity contribution in [2.45, 2.75) is 13.0 Å². The van der Waals surface area contributed by atoms with Gasteiger partial charge in [0.25, 0.3) is 6.43 Å². The van der Waals surface area contributed by atoms with Crippen LogP contribution in [0.25, 0.3) is 0 Å². The number of hydrogen-bond donors (Lipinski definition) is 0. The Bertz CT molecular complexity index is 449. The van der Waals surface area contributed by atoms with Crippen molar-refractivity contribution in [3.8, 4) is 11.5 Å². The van der Waals surface area contributed by atoms with Crippen LogP contribution in [0.3, 0.4) is 0 Å². The predicted octanol–water partition coefficient (Wildman–Crippen LogP) is 2.09. The fourth-order valence-electron chi connectivity index (χ4n) is 2.55. The van der Waals surface area contributed by atoms with Crippen LogP contribution >= 0.6 is 0 Å². The Balaban J connectivity index is 1.91. The number of rotatable bonds is 6. The van der Waals surface area contributed by atoms with Gasteiger partial charge in [-0.3, -0.25) is 9.80 Å². The third kappa shape index (κ3) is 4.54. The van der Waals surface area contributed by atoms with Gasteiger partial charge < -0.3 is 9.47 Å². The van der Waals surface area contributed by atoms with E-state index in [-0.39, 0.29) is 6.54 Å². The molecule has 0 amide bonds. The van der Waals surface area contributed by atoms with Crippen molar-refractivity contribution in [1.29, 1.82) is 0 Å². The minimum absolute atomic E-state index is 0.125. The van der Waals surface area contributed by atoms with Gasteiger partial charge >= 0.3 is 0 Å². The molecule has 1 aromatic carbocycles. The van der Waals surface area contributed by atoms with Gasteiger partial charge in [-0.1, -0.05) is 6.07 Å². The summed E-state index contributed by atoms with van der Waals surface area (Å²) in [5.41, 5.74) is 1.08. The molecule has 0 N–H and O–H groups in total. The number of ether oxygens (including phenoxy) is 2. The molecule has 4 nitrogen and oxygen atoms in total. The van der Waals surface area contributed by atoms with E-state index < -0.39 is 6.43 Å². The molecule has 0 radical (unpaired) electrons. The average Bonchev–Trinajstić information content (AvgIpc) is 2.49. The smallest absolute Gasteiger partial charge is 0.251 e. The summed E-state index contributed by atoms with van der Waals surface area (Å²) in [5.74, 6) is 1.56. The van der Waals surface area contributed by atoms with Gasteiger partial charge in [-0.15, -0.1) is 0 Å². The van der Waals surface area contributed by atoms with Gasteiger partial charge in [0.05, 0.1) is 20.8 Å². The first-order valence-corrected chi connectivity index (χ1v) is 7.06. The van der Waals surface area contributed by atoms with Crippen LogP contribution in [0, 0.1) is 0 Å². The second kappa shape index (κ2) is 7.56. The van der Waals surface area contributed by atoms with E-state index in [2.05, 4.69) is 4.90 Å². The monoisotopic (exact) mass is 300 g/mol. The van der Waals surface area contributed by atoms with Crippen LogP contribution in [0.15, 0.2) is 18.2 Å². The number of piperazine rings is 1. The molecule has 0 unspecified atom stereocenters. The summed E-state index contributed by atoms with van der Waals surface area (Å²) < 4.78 is 35.3. The zero-order valence-electron chi connectivity index (χ0n) is 12.5. The van der Waals surface area contributed by atoms with E-state index in [1.807, 2.05) is 23.1 Å². The molecule has 1 aromatic rings. The van der Waals surface area contributed by atoms with Crippen molar-refractivity contribution < 1.29 is 18.3 Å². The Morgan fingerprint density at radius 1 is 1.05 bits per heavy atom. The van der Waals surface area contributed by atoms with Crippen LogP contribution in [0.4, 0.5) is 8.78 Å². The van der Waals surface area contributed by atoms with Crippen LogP contribution in [0.2, 0.25) is 0 Å². The van der Waals surface area contributed by atoms with Crippen LogP contribution in [-0.4, -0.2) is 63.2 Å². The van der Waals surface area contributed by atoms with E-state index in [1.54, 1.807) is 14.2 Å². The van der Waals surface area contributed by atoms with Gasteiger partial charge in [-0.05, 0) is 6.07 Å². The highest BCUT2D eigenvalue weighted by atomic mass is 19.3. The second-order valence-electron chi connectivity index (χ2n) is 5.15. The minimum Gasteiger partial charge on any atom is -0.497 e. The molecule has 118 valence electrons. The molecule has 0 aliphatic carbocycles. The van der Waals surface area contributed by atoms with Gasteiger partial charge in [0, 0.05) is 44.4 Å². The van der Waals surface area contributed by atoms with E-state index in [4.69, 9.17) is 9.47 Å². The number of nitrogens with zero attached hydrogens (tertiary/aromatic N) is 2. The maximum atomic E-state index is 12.3. The third-order valence-electron chi connectivity index (χ3n) is 3.75. The lowest BCUT2D eigenvalue weighted by atomic mass is 10.1. The van der Waals surface area contributed by atoms with Gasteiger partial charge in [0.2, 0.25) is 0 Å². The third-order valence-corrected chi connectivity index (χ3v) is 3.75. The number of benzene rings is 1. The first kappa shape index (κ1) is 16.0. The lowest BCUT2D eigenvalue weighted by Crippen LogP contribution is -2.47. The van der Waals surface area contributed by atoms with Crippen LogP contribution in [-0.2, 0) is 6.54 Å². The highest BCUT2D eigenvalue weighted by Gasteiger charge is 2.20. The van der Waals surface area contributed by atoms with Crippen molar-refractivity contribution in [1.82, 2.24) is 9.80 Å². The Kier molecular flexibility index (Phi) is 5.76. The molecule has 0 spiro atoms. The average molecular weight is 300 g/mol. The van der Waals surface area contributed by atoms with Gasteiger partial charge in [-0.25, -0.2) is 8.78 Å². The normalized spacial score (nSPS) is 17.2. The molecule has 0 bridgehead atoms. The van der Waals surface area contributed by atoms with Crippen molar-refractivity contribution in [3.63, 3.8) is 0 Å². The predicted molar refractivity (Wildman–Crippen MR) is 77.3 cm³/mol. The molecule has 1 aliphatic heterocycles. The SMILES string of the molecule is COc1ccc(CN2CCN(CC(F)F)CC2)c(OC)c1. The summed E-state index contributed by atoms with van der Waals surface area (Å²) in [5, 5.41) is 0. The van der Waals surface area contributed by atoms with Gasteiger partial charge in [0.1, 0.15) is 11.5 Å². The van der Waals surface area contributed by atoms with E-state index in [0.29, 0.717) is 13.1 Å². The fraction of sp³-hybridized carbons (Fsp3) is 0.600. The lowest BCUT2D eigenvalue weighted by Gasteiger charge is -2.34. The summed E-state index contributed by atoms with van der Waals surface area (Å²) in [4.78, 5) is 4.07. The Morgan fingerprint density at radius 3 is 2.29 bits per heavy atom. The summed E-state index contributed by atoms with van der Waals surface area (Å²) in [7, 11) is 3.26. The van der Waals surface area contributed by atoms with Crippen LogP contribution in [0.1, 0.15) is 5.56 Å². The maximum Gasteiger partial charge on any atom is 0.251 e. The second-order valence-corrected chi connectivity index (χ2v) is 5.15. The molecular formula is C15H22F2N2O2. The molecule has 1 fully saturated rings. The number of hydrogen-bond acceptors (Lipinski definition) is 4. The van der Waals surface area contributed by atoms with Crippen LogP contribution in [0.5, 0.6) is 11.5 Å². The number of halogens is 2. The highest BCUT2D eigenvalue weighted by molar-refractivity contribution is 5.40. The van der Waals surface area contributed by atoms with E-state index in [9.17, 15) is 8.78 Å². The summed E-state index contributed by atoms with van der Waals surface area (Å²) in [6, 6.07) is 5.76. The molecule has 21 heavy (non-hydrogen) atoms. The van der Waals surface area contributed by atoms with Crippen molar-refractivity contribution in [3.05, 3.63) is 23.8 Å². The largest absolute Gasteiger partial charge is 0.497 e. The molecule has 0 aromatic heterocycles. The van der Waals surface area contributed by atoms with E-state index in [1.165, 1.54) is 0 Å². The van der Waals surface area contributed by atoms with Crippen molar-refractivity contribution in [2.75, 3.05) is 46.9 Å². The van der Waals surface area contributed by atoms with E-state index in [0.717, 1.165) is 36.7 Å². The zero-order chi connectivity index (χ0) is 15.2. The first-order valence-electron chi connectivity index (χ1n) is 7.06. The summed E-state index contributed by atoms with van der Waals surface area (Å²) in [6.07, 6.45) is -2.25. The molecule has 2 rings (SSSR count). The number of alkyl halides is 2. The zero-order valence-corrected chi connectivity index (χ0v) is 12.5. The molecule has 0 saturated carbocycles. The quantitative estimate of drug-likeness (QED) is 0.803. The Hall–Kier alpha value is -1.40. The van der Waals surface area contributed by atoms with Crippen molar-refractivity contribution in [2.24, 2.45) is 0 Å². The Morgan fingerprint density at radius 2 is 1.71 bits per heavy atom. The molecule has 6 heteroatoms. The molecule has 1 aliphatic rings. The van der Waals surface area contributed by atoms with Gasteiger partial charge in [0.15, 0.2) is 0 Å². The van der Waals surface area contributed by atoms with Crippen molar-refractivity contribution >= 4 is 0 Å². The highest BCUT2D eigenvalue weighted by Crippen LogP contribution is 2.26. The lowest BCUT2D eigenvalue weighted by molar-refractivity contribution is 0.0541. The van der Waals surface area contributed by atoms with E-state index >= 15 is 0 Å². The maximum absolute atomic E-state index is 12.3. The summed E-state index contributed by atoms with van der Waals surface area (Å²) >= 11 is 0. The topological polar surface area (TPSA) is 24.9 Å². The van der Waals surface area contributed by atoms with Crippen LogP contribution < -0.4 is 9.47 Å². The molecule has 1 heterocycles. The van der Waals surface area contributed by atoms with Gasteiger partial charge in [-0.2, -0.15) is 0 Å². The first-order chi connectivity index (χ1) is 10.1. The fourth-order valence-corrected chi connectivity index (χ4v) is 2.55. The molecule has 0 atom stereocenters. The number of methoxy groups -OCH3 is 2. The Labute approximate surface area is 124 Å². The molecule has 1 saturated heterocycles.